The van der Waals surface area contributed by atoms with Crippen LogP contribution >= 0.6 is 0 Å². The summed E-state index contributed by atoms with van der Waals surface area (Å²) >= 11 is 0. The van der Waals surface area contributed by atoms with E-state index in [4.69, 9.17) is 5.73 Å². The predicted octanol–water partition coefficient (Wildman–Crippen LogP) is 0.324. The maximum Gasteiger partial charge on any atom is 0.236 e. The summed E-state index contributed by atoms with van der Waals surface area (Å²) in [6.45, 7) is 6.82. The van der Waals surface area contributed by atoms with Gasteiger partial charge in [-0.1, -0.05) is 13.8 Å². The highest BCUT2D eigenvalue weighted by Gasteiger charge is 2.27. The molecule has 0 aromatic carbocycles. The van der Waals surface area contributed by atoms with Gasteiger partial charge in [0.25, 0.3) is 0 Å². The lowest BCUT2D eigenvalue weighted by molar-refractivity contribution is -0.122. The molecule has 0 bridgehead atoms. The van der Waals surface area contributed by atoms with Crippen LogP contribution in [0.25, 0.3) is 0 Å². The van der Waals surface area contributed by atoms with E-state index in [1.807, 2.05) is 6.92 Å². The molecule has 0 aliphatic heterocycles. The van der Waals surface area contributed by atoms with E-state index in [2.05, 4.69) is 17.1 Å². The lowest BCUT2D eigenvalue weighted by Gasteiger charge is -2.20. The normalized spacial score (nSPS) is 17.9. The number of likely N-dealkylation sites (N-methyl/N-ethyl adjacent to an activating group) is 1. The van der Waals surface area contributed by atoms with Crippen molar-refractivity contribution in [2.45, 2.75) is 45.2 Å². The van der Waals surface area contributed by atoms with Gasteiger partial charge in [-0.05, 0) is 25.8 Å². The van der Waals surface area contributed by atoms with E-state index in [0.29, 0.717) is 6.42 Å². The minimum Gasteiger partial charge on any atom is -0.353 e. The summed E-state index contributed by atoms with van der Waals surface area (Å²) in [5, 5.41) is 2.88. The summed E-state index contributed by atoms with van der Waals surface area (Å²) in [4.78, 5) is 13.8. The highest BCUT2D eigenvalue weighted by atomic mass is 16.2. The SMILES string of the molecule is CC[C@H](N)C(=O)NCCN(CC)C1CC1. The van der Waals surface area contributed by atoms with Gasteiger partial charge in [0, 0.05) is 19.1 Å². The van der Waals surface area contributed by atoms with E-state index in [1.54, 1.807) is 0 Å². The summed E-state index contributed by atoms with van der Waals surface area (Å²) in [5.74, 6) is -0.0237. The zero-order valence-corrected chi connectivity index (χ0v) is 9.83. The van der Waals surface area contributed by atoms with E-state index in [-0.39, 0.29) is 11.9 Å². The zero-order chi connectivity index (χ0) is 11.3. The fourth-order valence-corrected chi connectivity index (χ4v) is 1.68. The molecule has 0 unspecified atom stereocenters. The molecule has 0 heterocycles. The molecule has 1 rings (SSSR count). The average molecular weight is 213 g/mol. The average Bonchev–Trinajstić information content (AvgIpc) is 3.06. The van der Waals surface area contributed by atoms with Crippen LogP contribution in [0, 0.1) is 0 Å². The molecule has 1 amide bonds. The smallest absolute Gasteiger partial charge is 0.236 e. The van der Waals surface area contributed by atoms with Crippen molar-refractivity contribution >= 4 is 5.91 Å². The first kappa shape index (κ1) is 12.5. The molecular weight excluding hydrogens is 190 g/mol. The van der Waals surface area contributed by atoms with Crippen molar-refractivity contribution in [3.8, 4) is 0 Å². The van der Waals surface area contributed by atoms with E-state index >= 15 is 0 Å². The van der Waals surface area contributed by atoms with Gasteiger partial charge >= 0.3 is 0 Å². The zero-order valence-electron chi connectivity index (χ0n) is 9.83. The summed E-state index contributed by atoms with van der Waals surface area (Å²) in [6.07, 6.45) is 3.33. The summed E-state index contributed by atoms with van der Waals surface area (Å²) in [6, 6.07) is 0.424. The third kappa shape index (κ3) is 4.18. The first-order chi connectivity index (χ1) is 7.19. The van der Waals surface area contributed by atoms with Gasteiger partial charge in [0.2, 0.25) is 5.91 Å². The van der Waals surface area contributed by atoms with Crippen LogP contribution in [0.3, 0.4) is 0 Å². The van der Waals surface area contributed by atoms with Crippen molar-refractivity contribution in [2.24, 2.45) is 5.73 Å². The minimum absolute atomic E-state index is 0.0237. The Labute approximate surface area is 92.2 Å². The fourth-order valence-electron chi connectivity index (χ4n) is 1.68. The van der Waals surface area contributed by atoms with Crippen LogP contribution < -0.4 is 11.1 Å². The van der Waals surface area contributed by atoms with Gasteiger partial charge in [0.15, 0.2) is 0 Å². The summed E-state index contributed by atoms with van der Waals surface area (Å²) < 4.78 is 0. The highest BCUT2D eigenvalue weighted by molar-refractivity contribution is 5.81. The first-order valence-electron chi connectivity index (χ1n) is 5.96. The van der Waals surface area contributed by atoms with Crippen LogP contribution in [-0.2, 0) is 4.79 Å². The van der Waals surface area contributed by atoms with Crippen molar-refractivity contribution in [1.29, 1.82) is 0 Å². The molecule has 1 aliphatic rings. The molecular formula is C11H23N3O. The van der Waals surface area contributed by atoms with Gasteiger partial charge in [-0.25, -0.2) is 0 Å². The third-order valence-electron chi connectivity index (χ3n) is 2.94. The number of hydrogen-bond acceptors (Lipinski definition) is 3. The van der Waals surface area contributed by atoms with Gasteiger partial charge in [-0.3, -0.25) is 9.69 Å². The van der Waals surface area contributed by atoms with Crippen molar-refractivity contribution in [3.63, 3.8) is 0 Å². The lowest BCUT2D eigenvalue weighted by atomic mass is 10.2. The molecule has 15 heavy (non-hydrogen) atoms. The highest BCUT2D eigenvalue weighted by Crippen LogP contribution is 2.25. The quantitative estimate of drug-likeness (QED) is 0.640. The Morgan fingerprint density at radius 3 is 2.67 bits per heavy atom. The van der Waals surface area contributed by atoms with E-state index in [9.17, 15) is 4.79 Å². The van der Waals surface area contributed by atoms with Crippen LogP contribution in [0.2, 0.25) is 0 Å². The van der Waals surface area contributed by atoms with Gasteiger partial charge in [-0.2, -0.15) is 0 Å². The molecule has 0 saturated heterocycles. The Morgan fingerprint density at radius 1 is 1.53 bits per heavy atom. The monoisotopic (exact) mass is 213 g/mol. The second-order valence-electron chi connectivity index (χ2n) is 4.17. The van der Waals surface area contributed by atoms with E-state index in [0.717, 1.165) is 25.7 Å². The number of amides is 1. The Bertz CT molecular complexity index is 204. The molecule has 3 N–H and O–H groups in total. The lowest BCUT2D eigenvalue weighted by Crippen LogP contribution is -2.43. The van der Waals surface area contributed by atoms with Crippen LogP contribution in [0.5, 0.6) is 0 Å². The largest absolute Gasteiger partial charge is 0.353 e. The van der Waals surface area contributed by atoms with Crippen LogP contribution in [0.1, 0.15) is 33.1 Å². The standard InChI is InChI=1S/C11H23N3O/c1-3-10(12)11(15)13-7-8-14(4-2)9-5-6-9/h9-10H,3-8,12H2,1-2H3,(H,13,15)/t10-/m0/s1. The topological polar surface area (TPSA) is 58.4 Å². The molecule has 0 aromatic rings. The second kappa shape index (κ2) is 6.08. The van der Waals surface area contributed by atoms with Gasteiger partial charge in [0.1, 0.15) is 0 Å². The molecule has 0 spiro atoms. The number of carbonyl (C=O) groups excluding carboxylic acids is 1. The van der Waals surface area contributed by atoms with Gasteiger partial charge < -0.3 is 11.1 Å². The van der Waals surface area contributed by atoms with Crippen LogP contribution in [-0.4, -0.2) is 42.5 Å². The number of carbonyl (C=O) groups is 1. The van der Waals surface area contributed by atoms with Crippen molar-refractivity contribution in [3.05, 3.63) is 0 Å². The Morgan fingerprint density at radius 2 is 2.20 bits per heavy atom. The second-order valence-corrected chi connectivity index (χ2v) is 4.17. The molecule has 1 fully saturated rings. The summed E-state index contributed by atoms with van der Waals surface area (Å²) in [7, 11) is 0. The Hall–Kier alpha value is -0.610. The molecule has 1 atom stereocenters. The maximum atomic E-state index is 11.4. The predicted molar refractivity (Wildman–Crippen MR) is 61.5 cm³/mol. The number of nitrogens with zero attached hydrogens (tertiary/aromatic N) is 1. The van der Waals surface area contributed by atoms with Gasteiger partial charge in [0.05, 0.1) is 6.04 Å². The molecule has 88 valence electrons. The van der Waals surface area contributed by atoms with Crippen LogP contribution in [0.4, 0.5) is 0 Å². The fraction of sp³-hybridized carbons (Fsp3) is 0.909. The van der Waals surface area contributed by atoms with Gasteiger partial charge in [-0.15, -0.1) is 0 Å². The number of rotatable bonds is 7. The minimum atomic E-state index is -0.346. The Kier molecular flexibility index (Phi) is 5.05. The maximum absolute atomic E-state index is 11.4. The molecule has 0 radical (unpaired) electrons. The number of hydrogen-bond donors (Lipinski definition) is 2. The molecule has 1 aliphatic carbocycles. The first-order valence-corrected chi connectivity index (χ1v) is 5.96. The van der Waals surface area contributed by atoms with Crippen molar-refractivity contribution < 1.29 is 4.79 Å². The Balaban J connectivity index is 2.11. The molecule has 0 aromatic heterocycles. The number of nitrogens with two attached hydrogens (primary N) is 1. The van der Waals surface area contributed by atoms with E-state index < -0.39 is 0 Å². The van der Waals surface area contributed by atoms with Crippen molar-refractivity contribution in [1.82, 2.24) is 10.2 Å². The summed E-state index contributed by atoms with van der Waals surface area (Å²) in [5.41, 5.74) is 5.61. The molecule has 1 saturated carbocycles. The number of nitrogens with one attached hydrogen (secondary N) is 1. The molecule has 4 nitrogen and oxygen atoms in total. The van der Waals surface area contributed by atoms with E-state index in [1.165, 1.54) is 12.8 Å². The molecule has 4 heteroatoms. The van der Waals surface area contributed by atoms with Crippen molar-refractivity contribution in [2.75, 3.05) is 19.6 Å². The van der Waals surface area contributed by atoms with Crippen LogP contribution in [0.15, 0.2) is 0 Å². The third-order valence-corrected chi connectivity index (χ3v) is 2.94.